The van der Waals surface area contributed by atoms with Crippen molar-refractivity contribution >= 4 is 23.2 Å². The van der Waals surface area contributed by atoms with Crippen LogP contribution in [0.2, 0.25) is 0 Å². The van der Waals surface area contributed by atoms with Gasteiger partial charge in [-0.1, -0.05) is 12.1 Å². The van der Waals surface area contributed by atoms with E-state index in [2.05, 4.69) is 5.32 Å². The maximum absolute atomic E-state index is 13.2. The molecule has 7 heteroatoms. The van der Waals surface area contributed by atoms with Crippen LogP contribution < -0.4 is 5.32 Å². The first-order valence-corrected chi connectivity index (χ1v) is 9.07. The molecule has 1 aromatic carbocycles. The fourth-order valence-electron chi connectivity index (χ4n) is 5.01. The SMILES string of the molecule is CNC(=O)C1C(=O)C2C(=O)C3=C(O)c4c(O)cccc4CC3CC2CC1O. The number of rotatable bonds is 1. The van der Waals surface area contributed by atoms with Crippen LogP contribution in [0.1, 0.15) is 24.0 Å². The first kappa shape index (κ1) is 17.7. The highest BCUT2D eigenvalue weighted by Crippen LogP contribution is 2.49. The number of amides is 1. The van der Waals surface area contributed by atoms with Crippen LogP contribution >= 0.6 is 0 Å². The highest BCUT2D eigenvalue weighted by atomic mass is 16.3. The molecule has 0 heterocycles. The number of hydrogen-bond acceptors (Lipinski definition) is 6. The van der Waals surface area contributed by atoms with Crippen LogP contribution in [0.3, 0.4) is 0 Å². The highest BCUT2D eigenvalue weighted by molar-refractivity contribution is 6.19. The number of ketones is 2. The molecule has 0 spiro atoms. The Morgan fingerprint density at radius 3 is 2.63 bits per heavy atom. The van der Waals surface area contributed by atoms with Crippen molar-refractivity contribution in [1.82, 2.24) is 5.32 Å². The summed E-state index contributed by atoms with van der Waals surface area (Å²) in [5.41, 5.74) is 1.14. The second-order valence-electron chi connectivity index (χ2n) is 7.61. The van der Waals surface area contributed by atoms with Gasteiger partial charge in [-0.05, 0) is 42.7 Å². The van der Waals surface area contributed by atoms with E-state index in [-0.39, 0.29) is 40.9 Å². The third-order valence-electron chi connectivity index (χ3n) is 6.17. The van der Waals surface area contributed by atoms with Crippen LogP contribution in [-0.2, 0) is 20.8 Å². The monoisotopic (exact) mass is 371 g/mol. The third kappa shape index (κ3) is 2.49. The number of nitrogens with one attached hydrogen (secondary N) is 1. The summed E-state index contributed by atoms with van der Waals surface area (Å²) in [6.07, 6.45) is 0.0122. The number of allylic oxidation sites excluding steroid dienone is 1. The molecular weight excluding hydrogens is 350 g/mol. The molecule has 2 saturated carbocycles. The number of aliphatic hydroxyl groups excluding tert-OH is 2. The number of aliphatic hydroxyl groups is 2. The number of phenols is 1. The molecule has 5 unspecified atom stereocenters. The van der Waals surface area contributed by atoms with Crippen LogP contribution in [0.5, 0.6) is 5.75 Å². The lowest BCUT2D eigenvalue weighted by Crippen LogP contribution is -2.55. The Morgan fingerprint density at radius 2 is 1.93 bits per heavy atom. The van der Waals surface area contributed by atoms with Gasteiger partial charge in [-0.25, -0.2) is 0 Å². The summed E-state index contributed by atoms with van der Waals surface area (Å²) in [5.74, 6) is -5.03. The molecular formula is C20H21NO6. The Labute approximate surface area is 155 Å². The minimum absolute atomic E-state index is 0.112. The third-order valence-corrected chi connectivity index (χ3v) is 6.17. The van der Waals surface area contributed by atoms with E-state index >= 15 is 0 Å². The van der Waals surface area contributed by atoms with E-state index in [1.807, 2.05) is 0 Å². The van der Waals surface area contributed by atoms with Crippen LogP contribution in [0.4, 0.5) is 0 Å². The van der Waals surface area contributed by atoms with Crippen molar-refractivity contribution < 1.29 is 29.7 Å². The van der Waals surface area contributed by atoms with E-state index in [4.69, 9.17) is 0 Å². The van der Waals surface area contributed by atoms with Crippen molar-refractivity contribution in [3.8, 4) is 5.75 Å². The van der Waals surface area contributed by atoms with Crippen molar-refractivity contribution in [2.24, 2.45) is 23.7 Å². The molecule has 4 rings (SSSR count). The quantitative estimate of drug-likeness (QED) is 0.540. The van der Waals surface area contributed by atoms with E-state index in [9.17, 15) is 29.7 Å². The Kier molecular flexibility index (Phi) is 4.07. The minimum Gasteiger partial charge on any atom is -0.507 e. The summed E-state index contributed by atoms with van der Waals surface area (Å²) >= 11 is 0. The number of benzene rings is 1. The predicted octanol–water partition coefficient (Wildman–Crippen LogP) is 0.735. The van der Waals surface area contributed by atoms with Gasteiger partial charge in [-0.15, -0.1) is 0 Å². The Morgan fingerprint density at radius 1 is 1.19 bits per heavy atom. The van der Waals surface area contributed by atoms with E-state index in [0.29, 0.717) is 12.8 Å². The zero-order chi connectivity index (χ0) is 19.5. The normalized spacial score (nSPS) is 32.4. The molecule has 3 aliphatic carbocycles. The molecule has 0 aliphatic heterocycles. The molecule has 7 nitrogen and oxygen atoms in total. The van der Waals surface area contributed by atoms with Gasteiger partial charge in [0.15, 0.2) is 11.6 Å². The molecule has 0 saturated heterocycles. The first-order chi connectivity index (χ1) is 12.8. The second-order valence-corrected chi connectivity index (χ2v) is 7.61. The predicted molar refractivity (Wildman–Crippen MR) is 94.6 cm³/mol. The maximum Gasteiger partial charge on any atom is 0.233 e. The Hall–Kier alpha value is -2.67. The summed E-state index contributed by atoms with van der Waals surface area (Å²) in [7, 11) is 1.38. The van der Waals surface area contributed by atoms with E-state index in [1.54, 1.807) is 12.1 Å². The molecule has 1 amide bonds. The van der Waals surface area contributed by atoms with Crippen molar-refractivity contribution in [3.63, 3.8) is 0 Å². The molecule has 0 bridgehead atoms. The zero-order valence-electron chi connectivity index (χ0n) is 14.8. The number of hydrogen-bond donors (Lipinski definition) is 4. The summed E-state index contributed by atoms with van der Waals surface area (Å²) in [6.45, 7) is 0. The highest BCUT2D eigenvalue weighted by Gasteiger charge is 2.54. The molecule has 4 N–H and O–H groups in total. The molecule has 0 aromatic heterocycles. The number of fused-ring (bicyclic) bond motifs is 3. The van der Waals surface area contributed by atoms with Gasteiger partial charge in [0.05, 0.1) is 17.6 Å². The van der Waals surface area contributed by atoms with E-state index in [1.165, 1.54) is 13.1 Å². The average Bonchev–Trinajstić information content (AvgIpc) is 2.60. The van der Waals surface area contributed by atoms with Crippen LogP contribution in [-0.4, -0.2) is 45.9 Å². The number of carbonyl (C=O) groups is 3. The van der Waals surface area contributed by atoms with Gasteiger partial charge < -0.3 is 20.6 Å². The number of carbonyl (C=O) groups excluding carboxylic acids is 3. The molecule has 2 fully saturated rings. The number of phenolic OH excluding ortho intramolecular Hbond substituents is 1. The molecule has 3 aliphatic rings. The van der Waals surface area contributed by atoms with E-state index < -0.39 is 35.4 Å². The summed E-state index contributed by atoms with van der Waals surface area (Å²) < 4.78 is 0. The van der Waals surface area contributed by atoms with Crippen LogP contribution in [0.25, 0.3) is 5.76 Å². The van der Waals surface area contributed by atoms with Gasteiger partial charge in [0.25, 0.3) is 0 Å². The summed E-state index contributed by atoms with van der Waals surface area (Å²) in [6, 6.07) is 4.92. The fraction of sp³-hybridized carbons (Fsp3) is 0.450. The lowest BCUT2D eigenvalue weighted by atomic mass is 9.59. The standard InChI is InChI=1S/C20H21NO6/c1-21-20(27)16-12(23)7-10-6-9-5-8-3-2-4-11(22)13(8)17(24)14(9)18(25)15(10)19(16)26/h2-4,9-10,12,15-16,22-24H,5-7H2,1H3,(H,21,27). The summed E-state index contributed by atoms with van der Waals surface area (Å²) in [4.78, 5) is 38.1. The Balaban J connectivity index is 1.78. The van der Waals surface area contributed by atoms with Gasteiger partial charge >= 0.3 is 0 Å². The number of Topliss-reactive ketones (excluding diaryl/α,β-unsaturated/α-hetero) is 2. The molecule has 0 radical (unpaired) electrons. The zero-order valence-corrected chi connectivity index (χ0v) is 14.8. The first-order valence-electron chi connectivity index (χ1n) is 9.07. The second kappa shape index (κ2) is 6.20. The van der Waals surface area contributed by atoms with Crippen molar-refractivity contribution in [3.05, 3.63) is 34.9 Å². The van der Waals surface area contributed by atoms with Crippen molar-refractivity contribution in [2.75, 3.05) is 7.05 Å². The van der Waals surface area contributed by atoms with E-state index in [0.717, 1.165) is 5.56 Å². The van der Waals surface area contributed by atoms with Gasteiger partial charge in [-0.2, -0.15) is 0 Å². The lowest BCUT2D eigenvalue weighted by molar-refractivity contribution is -0.151. The molecule has 142 valence electrons. The van der Waals surface area contributed by atoms with Crippen LogP contribution in [0, 0.1) is 23.7 Å². The average molecular weight is 371 g/mol. The van der Waals surface area contributed by atoms with Crippen molar-refractivity contribution in [1.29, 1.82) is 0 Å². The summed E-state index contributed by atoms with van der Waals surface area (Å²) in [5, 5.41) is 33.5. The number of aromatic hydroxyl groups is 1. The fourth-order valence-corrected chi connectivity index (χ4v) is 5.01. The van der Waals surface area contributed by atoms with Gasteiger partial charge in [-0.3, -0.25) is 14.4 Å². The smallest absolute Gasteiger partial charge is 0.233 e. The van der Waals surface area contributed by atoms with Gasteiger partial charge in [0.1, 0.15) is 17.4 Å². The van der Waals surface area contributed by atoms with Crippen LogP contribution in [0.15, 0.2) is 23.8 Å². The maximum atomic E-state index is 13.2. The van der Waals surface area contributed by atoms with Crippen molar-refractivity contribution in [2.45, 2.75) is 25.4 Å². The molecule has 27 heavy (non-hydrogen) atoms. The van der Waals surface area contributed by atoms with Gasteiger partial charge in [0, 0.05) is 12.6 Å². The molecule has 5 atom stereocenters. The minimum atomic E-state index is -1.27. The Bertz CT molecular complexity index is 888. The topological polar surface area (TPSA) is 124 Å². The molecule has 1 aromatic rings. The lowest BCUT2D eigenvalue weighted by Gasteiger charge is -2.43. The van der Waals surface area contributed by atoms with Gasteiger partial charge in [0.2, 0.25) is 5.91 Å². The largest absolute Gasteiger partial charge is 0.507 e.